The molecular weight excluding hydrogens is 204 g/mol. The zero-order valence-corrected chi connectivity index (χ0v) is 9.04. The number of allylic oxidation sites excluding steroid dienone is 1. The molecule has 1 saturated heterocycles. The van der Waals surface area contributed by atoms with Crippen LogP contribution in [0.5, 0.6) is 0 Å². The summed E-state index contributed by atoms with van der Waals surface area (Å²) in [5.74, 6) is -1.11. The fourth-order valence-electron chi connectivity index (χ4n) is 1.64. The minimum absolute atomic E-state index is 0.0628. The molecule has 2 atom stereocenters. The molecule has 0 saturated carbocycles. The van der Waals surface area contributed by atoms with E-state index >= 15 is 0 Å². The fourth-order valence-corrected chi connectivity index (χ4v) is 3.33. The summed E-state index contributed by atoms with van der Waals surface area (Å²) >= 11 is 0. The second-order valence-corrected chi connectivity index (χ2v) is 6.27. The van der Waals surface area contributed by atoms with Gasteiger partial charge in [-0.1, -0.05) is 12.5 Å². The molecule has 2 unspecified atom stereocenters. The molecule has 1 heterocycles. The summed E-state index contributed by atoms with van der Waals surface area (Å²) in [7, 11) is -3.01. The zero-order chi connectivity index (χ0) is 10.9. The number of hydrogen-bond acceptors (Lipinski definition) is 3. The Morgan fingerprint density at radius 1 is 1.50 bits per heavy atom. The van der Waals surface area contributed by atoms with Crippen LogP contribution < -0.4 is 0 Å². The van der Waals surface area contributed by atoms with E-state index in [1.807, 2.05) is 0 Å². The summed E-state index contributed by atoms with van der Waals surface area (Å²) in [6.07, 6.45) is 1.48. The molecule has 1 aliphatic rings. The van der Waals surface area contributed by atoms with Crippen LogP contribution >= 0.6 is 0 Å². The van der Waals surface area contributed by atoms with Crippen LogP contribution in [0.15, 0.2) is 11.6 Å². The summed E-state index contributed by atoms with van der Waals surface area (Å²) in [5, 5.41) is 8.12. The Balaban J connectivity index is 2.93. The first kappa shape index (κ1) is 11.2. The molecular formula is C9H14O4S. The standard InChI is InChI=1S/C9H14O4S/c1-6-5-14(12,13)7(2)3-8(6)4-9(10)11/h4,6-7H,3,5H2,1-2H3,(H,10,11)/b8-4+. The van der Waals surface area contributed by atoms with Crippen LogP contribution in [0.1, 0.15) is 20.3 Å². The highest BCUT2D eigenvalue weighted by molar-refractivity contribution is 7.92. The van der Waals surface area contributed by atoms with Gasteiger partial charge in [0.15, 0.2) is 9.84 Å². The van der Waals surface area contributed by atoms with Crippen LogP contribution in [0.3, 0.4) is 0 Å². The van der Waals surface area contributed by atoms with Crippen LogP contribution in [0.25, 0.3) is 0 Å². The van der Waals surface area contributed by atoms with E-state index in [2.05, 4.69) is 0 Å². The summed E-state index contributed by atoms with van der Waals surface area (Å²) in [5.41, 5.74) is 0.722. The van der Waals surface area contributed by atoms with Crippen molar-refractivity contribution in [3.8, 4) is 0 Å². The average molecular weight is 218 g/mol. The van der Waals surface area contributed by atoms with Crippen LogP contribution in [-0.2, 0) is 14.6 Å². The van der Waals surface area contributed by atoms with Crippen LogP contribution in [0, 0.1) is 5.92 Å². The lowest BCUT2D eigenvalue weighted by molar-refractivity contribution is -0.131. The van der Waals surface area contributed by atoms with Gasteiger partial charge in [0.1, 0.15) is 0 Å². The van der Waals surface area contributed by atoms with Gasteiger partial charge >= 0.3 is 5.97 Å². The largest absolute Gasteiger partial charge is 0.478 e. The molecule has 4 nitrogen and oxygen atoms in total. The van der Waals surface area contributed by atoms with Crippen molar-refractivity contribution >= 4 is 15.8 Å². The number of sulfone groups is 1. The Morgan fingerprint density at radius 2 is 2.07 bits per heavy atom. The Bertz CT molecular complexity index is 366. The van der Waals surface area contributed by atoms with Crippen LogP contribution in [0.4, 0.5) is 0 Å². The average Bonchev–Trinajstić information content (AvgIpc) is 1.98. The molecule has 0 aromatic heterocycles. The van der Waals surface area contributed by atoms with Crippen molar-refractivity contribution in [1.82, 2.24) is 0 Å². The highest BCUT2D eigenvalue weighted by Crippen LogP contribution is 2.28. The van der Waals surface area contributed by atoms with Gasteiger partial charge in [-0.05, 0) is 19.3 Å². The van der Waals surface area contributed by atoms with Crippen LogP contribution in [-0.4, -0.2) is 30.5 Å². The number of rotatable bonds is 1. The van der Waals surface area contributed by atoms with Crippen molar-refractivity contribution in [2.75, 3.05) is 5.75 Å². The molecule has 1 aliphatic heterocycles. The van der Waals surface area contributed by atoms with E-state index in [9.17, 15) is 13.2 Å². The summed E-state index contributed by atoms with van der Waals surface area (Å²) in [6, 6.07) is 0. The molecule has 14 heavy (non-hydrogen) atoms. The Kier molecular flexibility index (Phi) is 2.99. The van der Waals surface area contributed by atoms with E-state index in [0.717, 1.165) is 11.6 Å². The number of carboxylic acid groups (broad SMARTS) is 1. The number of carboxylic acids is 1. The van der Waals surface area contributed by atoms with E-state index < -0.39 is 21.1 Å². The third-order valence-electron chi connectivity index (χ3n) is 2.56. The second kappa shape index (κ2) is 3.73. The van der Waals surface area contributed by atoms with Crippen molar-refractivity contribution in [1.29, 1.82) is 0 Å². The van der Waals surface area contributed by atoms with Crippen molar-refractivity contribution < 1.29 is 18.3 Å². The molecule has 0 bridgehead atoms. The Hall–Kier alpha value is -0.840. The summed E-state index contributed by atoms with van der Waals surface area (Å²) < 4.78 is 22.9. The third kappa shape index (κ3) is 2.35. The Labute approximate surface area is 83.5 Å². The van der Waals surface area contributed by atoms with Gasteiger partial charge in [0.2, 0.25) is 0 Å². The predicted octanol–water partition coefficient (Wildman–Crippen LogP) is 0.841. The lowest BCUT2D eigenvalue weighted by Crippen LogP contribution is -2.32. The maximum absolute atomic E-state index is 11.4. The third-order valence-corrected chi connectivity index (χ3v) is 4.92. The molecule has 0 aromatic carbocycles. The van der Waals surface area contributed by atoms with Gasteiger partial charge < -0.3 is 5.11 Å². The minimum Gasteiger partial charge on any atom is -0.478 e. The molecule has 0 radical (unpaired) electrons. The normalized spacial score (nSPS) is 34.3. The summed E-state index contributed by atoms with van der Waals surface area (Å²) in [6.45, 7) is 3.37. The summed E-state index contributed by atoms with van der Waals surface area (Å²) in [4.78, 5) is 10.5. The molecule has 0 aliphatic carbocycles. The Morgan fingerprint density at radius 3 is 2.57 bits per heavy atom. The highest BCUT2D eigenvalue weighted by atomic mass is 32.2. The molecule has 1 rings (SSSR count). The number of hydrogen-bond donors (Lipinski definition) is 1. The lowest BCUT2D eigenvalue weighted by Gasteiger charge is -2.26. The van der Waals surface area contributed by atoms with E-state index in [1.165, 1.54) is 0 Å². The van der Waals surface area contributed by atoms with Crippen LogP contribution in [0.2, 0.25) is 0 Å². The first-order chi connectivity index (χ1) is 6.33. The molecule has 80 valence electrons. The van der Waals surface area contributed by atoms with Gasteiger partial charge in [-0.25, -0.2) is 13.2 Å². The maximum Gasteiger partial charge on any atom is 0.328 e. The molecule has 1 N–H and O–H groups in total. The molecule has 0 spiro atoms. The van der Waals surface area contributed by atoms with Gasteiger partial charge in [-0.3, -0.25) is 0 Å². The zero-order valence-electron chi connectivity index (χ0n) is 8.23. The van der Waals surface area contributed by atoms with Crippen molar-refractivity contribution in [2.24, 2.45) is 5.92 Å². The topological polar surface area (TPSA) is 71.4 Å². The maximum atomic E-state index is 11.4. The smallest absolute Gasteiger partial charge is 0.328 e. The highest BCUT2D eigenvalue weighted by Gasteiger charge is 2.32. The minimum atomic E-state index is -3.01. The quantitative estimate of drug-likeness (QED) is 0.662. The van der Waals surface area contributed by atoms with E-state index in [1.54, 1.807) is 13.8 Å². The van der Waals surface area contributed by atoms with Gasteiger partial charge in [0, 0.05) is 6.08 Å². The molecule has 1 fully saturated rings. The molecule has 5 heteroatoms. The SMILES string of the molecule is CC1CS(=O)(=O)C(C)C/C1=C\C(=O)O. The van der Waals surface area contributed by atoms with E-state index in [4.69, 9.17) is 5.11 Å². The predicted molar refractivity (Wildman–Crippen MR) is 52.7 cm³/mol. The van der Waals surface area contributed by atoms with Crippen molar-refractivity contribution in [3.05, 3.63) is 11.6 Å². The lowest BCUT2D eigenvalue weighted by atomic mass is 9.97. The van der Waals surface area contributed by atoms with Crippen molar-refractivity contribution in [3.63, 3.8) is 0 Å². The fraction of sp³-hybridized carbons (Fsp3) is 0.667. The molecule has 0 amide bonds. The number of carbonyl (C=O) groups is 1. The monoisotopic (exact) mass is 218 g/mol. The van der Waals surface area contributed by atoms with E-state index in [0.29, 0.717) is 6.42 Å². The van der Waals surface area contributed by atoms with Gasteiger partial charge in [0.25, 0.3) is 0 Å². The van der Waals surface area contributed by atoms with Gasteiger partial charge in [-0.2, -0.15) is 0 Å². The number of aliphatic carboxylic acids is 1. The first-order valence-corrected chi connectivity index (χ1v) is 6.19. The second-order valence-electron chi connectivity index (χ2n) is 3.80. The van der Waals surface area contributed by atoms with Crippen molar-refractivity contribution in [2.45, 2.75) is 25.5 Å². The van der Waals surface area contributed by atoms with E-state index in [-0.39, 0.29) is 11.7 Å². The van der Waals surface area contributed by atoms with Gasteiger partial charge in [0.05, 0.1) is 11.0 Å². The van der Waals surface area contributed by atoms with Gasteiger partial charge in [-0.15, -0.1) is 0 Å². The molecule has 0 aromatic rings. The first-order valence-electron chi connectivity index (χ1n) is 4.48.